The number of rotatable bonds is 5. The first-order chi connectivity index (χ1) is 13.0. The highest BCUT2D eigenvalue weighted by Gasteiger charge is 2.24. The molecule has 0 aliphatic heterocycles. The molecule has 3 aromatic rings. The number of thiophene rings is 1. The van der Waals surface area contributed by atoms with E-state index in [0.29, 0.717) is 16.4 Å². The molecule has 6 nitrogen and oxygen atoms in total. The van der Waals surface area contributed by atoms with Gasteiger partial charge in [0, 0.05) is 22.0 Å². The predicted molar refractivity (Wildman–Crippen MR) is 105 cm³/mol. The quantitative estimate of drug-likeness (QED) is 0.641. The molecule has 1 N–H and O–H groups in total. The van der Waals surface area contributed by atoms with Crippen LogP contribution in [0, 0.1) is 0 Å². The maximum absolute atomic E-state index is 12.6. The number of hydrogen-bond donors (Lipinski definition) is 1. The Balaban J connectivity index is 1.53. The topological polar surface area (TPSA) is 85.1 Å². The van der Waals surface area contributed by atoms with Gasteiger partial charge in [-0.3, -0.25) is 0 Å². The molecular weight excluding hydrogens is 406 g/mol. The SMILES string of the molecule is O=S(=O)(NC1CCCCC1)c1cc(-c2nc(-c3ccc(Cl)cc3)no2)cs1. The molecule has 1 saturated carbocycles. The minimum absolute atomic E-state index is 0.0224. The Morgan fingerprint density at radius 2 is 1.85 bits per heavy atom. The van der Waals surface area contributed by atoms with Crippen LogP contribution in [0.4, 0.5) is 0 Å². The van der Waals surface area contributed by atoms with E-state index in [1.807, 2.05) is 0 Å². The summed E-state index contributed by atoms with van der Waals surface area (Å²) in [4.78, 5) is 4.36. The van der Waals surface area contributed by atoms with Gasteiger partial charge in [-0.15, -0.1) is 11.3 Å². The fourth-order valence-corrected chi connectivity index (χ4v) is 5.73. The van der Waals surface area contributed by atoms with Gasteiger partial charge in [0.25, 0.3) is 5.89 Å². The van der Waals surface area contributed by atoms with E-state index in [1.54, 1.807) is 35.7 Å². The summed E-state index contributed by atoms with van der Waals surface area (Å²) < 4.78 is 33.6. The van der Waals surface area contributed by atoms with E-state index >= 15 is 0 Å². The number of halogens is 1. The van der Waals surface area contributed by atoms with Gasteiger partial charge in [0.15, 0.2) is 0 Å². The fraction of sp³-hybridized carbons (Fsp3) is 0.333. The highest BCUT2D eigenvalue weighted by Crippen LogP contribution is 2.30. The summed E-state index contributed by atoms with van der Waals surface area (Å²) in [6.07, 6.45) is 5.10. The number of nitrogens with one attached hydrogen (secondary N) is 1. The molecule has 142 valence electrons. The first-order valence-electron chi connectivity index (χ1n) is 8.72. The number of nitrogens with zero attached hydrogens (tertiary/aromatic N) is 2. The molecule has 27 heavy (non-hydrogen) atoms. The Labute approximate surface area is 166 Å². The van der Waals surface area contributed by atoms with Crippen molar-refractivity contribution in [3.05, 3.63) is 40.7 Å². The van der Waals surface area contributed by atoms with E-state index in [9.17, 15) is 8.42 Å². The monoisotopic (exact) mass is 423 g/mol. The molecule has 2 heterocycles. The minimum atomic E-state index is -3.53. The molecule has 0 unspecified atom stereocenters. The molecule has 0 bridgehead atoms. The second kappa shape index (κ2) is 7.71. The van der Waals surface area contributed by atoms with Gasteiger partial charge in [-0.2, -0.15) is 4.98 Å². The van der Waals surface area contributed by atoms with E-state index in [-0.39, 0.29) is 16.1 Å². The average Bonchev–Trinajstić information content (AvgIpc) is 3.33. The highest BCUT2D eigenvalue weighted by molar-refractivity contribution is 7.91. The molecule has 1 aromatic carbocycles. The maximum atomic E-state index is 12.6. The van der Waals surface area contributed by atoms with Crippen LogP contribution in [-0.2, 0) is 10.0 Å². The van der Waals surface area contributed by atoms with E-state index in [4.69, 9.17) is 16.1 Å². The Hall–Kier alpha value is -1.74. The Kier molecular flexibility index (Phi) is 5.32. The van der Waals surface area contributed by atoms with Gasteiger partial charge in [0.1, 0.15) is 4.21 Å². The molecule has 1 aliphatic carbocycles. The van der Waals surface area contributed by atoms with E-state index in [2.05, 4.69) is 14.9 Å². The average molecular weight is 424 g/mol. The lowest BCUT2D eigenvalue weighted by atomic mass is 9.96. The van der Waals surface area contributed by atoms with Crippen LogP contribution in [0.25, 0.3) is 22.8 Å². The van der Waals surface area contributed by atoms with Crippen LogP contribution in [0.3, 0.4) is 0 Å². The Morgan fingerprint density at radius 3 is 2.59 bits per heavy atom. The fourth-order valence-electron chi connectivity index (χ4n) is 3.12. The first-order valence-corrected chi connectivity index (χ1v) is 11.5. The van der Waals surface area contributed by atoms with Gasteiger partial charge in [-0.05, 0) is 43.2 Å². The number of sulfonamides is 1. The van der Waals surface area contributed by atoms with Crippen LogP contribution in [-0.4, -0.2) is 24.6 Å². The molecule has 2 aromatic heterocycles. The zero-order chi connectivity index (χ0) is 18.9. The van der Waals surface area contributed by atoms with Crippen LogP contribution >= 0.6 is 22.9 Å². The molecule has 0 saturated heterocycles. The summed E-state index contributed by atoms with van der Waals surface area (Å²) in [5, 5.41) is 6.31. The van der Waals surface area contributed by atoms with Gasteiger partial charge < -0.3 is 4.52 Å². The lowest BCUT2D eigenvalue weighted by Gasteiger charge is -2.22. The standard InChI is InChI=1S/C18H18ClN3O3S2/c19-14-8-6-12(7-9-14)17-20-18(25-21-17)13-10-16(26-11-13)27(23,24)22-15-4-2-1-3-5-15/h6-11,15,22H,1-5H2. The van der Waals surface area contributed by atoms with Crippen molar-refractivity contribution in [1.29, 1.82) is 0 Å². The number of benzene rings is 1. The Bertz CT molecular complexity index is 1020. The largest absolute Gasteiger partial charge is 0.334 e. The van der Waals surface area contributed by atoms with E-state index in [0.717, 1.165) is 42.6 Å². The molecule has 0 atom stereocenters. The first kappa shape index (κ1) is 18.6. The zero-order valence-electron chi connectivity index (χ0n) is 14.4. The zero-order valence-corrected chi connectivity index (χ0v) is 16.8. The Morgan fingerprint density at radius 1 is 1.11 bits per heavy atom. The summed E-state index contributed by atoms with van der Waals surface area (Å²) in [6, 6.07) is 8.70. The lowest BCUT2D eigenvalue weighted by molar-refractivity contribution is 0.412. The molecule has 0 spiro atoms. The van der Waals surface area contributed by atoms with Crippen molar-refractivity contribution in [1.82, 2.24) is 14.9 Å². The van der Waals surface area contributed by atoms with Crippen molar-refractivity contribution in [2.75, 3.05) is 0 Å². The predicted octanol–water partition coefficient (Wildman–Crippen LogP) is 4.73. The number of hydrogen-bond acceptors (Lipinski definition) is 6. The molecule has 0 radical (unpaired) electrons. The van der Waals surface area contributed by atoms with Gasteiger partial charge in [-0.1, -0.05) is 36.0 Å². The molecule has 1 fully saturated rings. The normalized spacial score (nSPS) is 15.9. The summed E-state index contributed by atoms with van der Waals surface area (Å²) in [5.74, 6) is 0.716. The van der Waals surface area contributed by atoms with Crippen molar-refractivity contribution >= 4 is 33.0 Å². The van der Waals surface area contributed by atoms with Crippen LogP contribution in [0.15, 0.2) is 44.4 Å². The van der Waals surface area contributed by atoms with Gasteiger partial charge in [-0.25, -0.2) is 13.1 Å². The van der Waals surface area contributed by atoms with Gasteiger partial charge >= 0.3 is 0 Å². The second-order valence-electron chi connectivity index (χ2n) is 6.54. The third kappa shape index (κ3) is 4.24. The molecule has 0 amide bonds. The lowest BCUT2D eigenvalue weighted by Crippen LogP contribution is -2.35. The van der Waals surface area contributed by atoms with Crippen LogP contribution in [0.5, 0.6) is 0 Å². The smallest absolute Gasteiger partial charge is 0.259 e. The van der Waals surface area contributed by atoms with Gasteiger partial charge in [0.2, 0.25) is 15.8 Å². The third-order valence-electron chi connectivity index (χ3n) is 4.54. The molecular formula is C18H18ClN3O3S2. The summed E-state index contributed by atoms with van der Waals surface area (Å²) in [6.45, 7) is 0. The van der Waals surface area contributed by atoms with Crippen molar-refractivity contribution in [3.8, 4) is 22.8 Å². The molecule has 4 rings (SSSR count). The van der Waals surface area contributed by atoms with E-state index < -0.39 is 10.0 Å². The maximum Gasteiger partial charge on any atom is 0.259 e. The molecule has 9 heteroatoms. The van der Waals surface area contributed by atoms with E-state index in [1.165, 1.54) is 6.42 Å². The second-order valence-corrected chi connectivity index (χ2v) is 9.83. The highest BCUT2D eigenvalue weighted by atomic mass is 35.5. The van der Waals surface area contributed by atoms with Crippen molar-refractivity contribution < 1.29 is 12.9 Å². The minimum Gasteiger partial charge on any atom is -0.334 e. The van der Waals surface area contributed by atoms with Crippen molar-refractivity contribution in [2.45, 2.75) is 42.4 Å². The molecule has 1 aliphatic rings. The summed E-state index contributed by atoms with van der Waals surface area (Å²) in [5.41, 5.74) is 1.37. The van der Waals surface area contributed by atoms with Gasteiger partial charge in [0.05, 0.1) is 5.56 Å². The number of aromatic nitrogens is 2. The van der Waals surface area contributed by atoms with Crippen LogP contribution < -0.4 is 4.72 Å². The summed E-state index contributed by atoms with van der Waals surface area (Å²) in [7, 11) is -3.53. The third-order valence-corrected chi connectivity index (χ3v) is 7.75. The van der Waals surface area contributed by atoms with Crippen molar-refractivity contribution in [3.63, 3.8) is 0 Å². The summed E-state index contributed by atoms with van der Waals surface area (Å²) >= 11 is 7.04. The van der Waals surface area contributed by atoms with Crippen molar-refractivity contribution in [2.24, 2.45) is 0 Å². The van der Waals surface area contributed by atoms with Crippen LogP contribution in [0.2, 0.25) is 5.02 Å². The van der Waals surface area contributed by atoms with Crippen LogP contribution in [0.1, 0.15) is 32.1 Å².